The van der Waals surface area contributed by atoms with Gasteiger partial charge in [-0.2, -0.15) is 5.26 Å². The summed E-state index contributed by atoms with van der Waals surface area (Å²) in [7, 11) is 0. The number of halogens is 1. The molecule has 1 aliphatic rings. The lowest BCUT2D eigenvalue weighted by Crippen LogP contribution is -2.54. The second kappa shape index (κ2) is 7.29. The molecule has 1 amide bonds. The van der Waals surface area contributed by atoms with Crippen LogP contribution in [0.2, 0.25) is 5.02 Å². The number of likely N-dealkylation sites (tertiary alicyclic amines) is 1. The number of nitrogens with zero attached hydrogens (tertiary/aromatic N) is 3. The minimum Gasteiger partial charge on any atom is -0.484 e. The molecule has 0 saturated carbocycles. The van der Waals surface area contributed by atoms with Crippen LogP contribution in [0.1, 0.15) is 22.7 Å². The molecule has 3 rings (SSSR count). The number of carbonyl (C=O) groups is 1. The number of aromatic amines is 1. The number of benzene rings is 1. The Kier molecular flexibility index (Phi) is 5.06. The summed E-state index contributed by atoms with van der Waals surface area (Å²) >= 11 is 6.11. The van der Waals surface area contributed by atoms with Gasteiger partial charge in [-0.05, 0) is 37.1 Å². The zero-order valence-corrected chi connectivity index (χ0v) is 15.5. The van der Waals surface area contributed by atoms with E-state index in [0.29, 0.717) is 23.9 Å². The van der Waals surface area contributed by atoms with Crippen LogP contribution in [0, 0.1) is 25.2 Å². The van der Waals surface area contributed by atoms with E-state index >= 15 is 0 Å². The van der Waals surface area contributed by atoms with Crippen LogP contribution in [0.5, 0.6) is 5.75 Å². The second-order valence-electron chi connectivity index (χ2n) is 6.43. The normalized spacial score (nSPS) is 13.8. The molecule has 2 heterocycles. The topological polar surface area (TPSA) is 108 Å². The molecule has 1 aromatic carbocycles. The van der Waals surface area contributed by atoms with Crippen molar-refractivity contribution in [2.75, 3.05) is 19.7 Å². The Balaban J connectivity index is 1.60. The van der Waals surface area contributed by atoms with Crippen molar-refractivity contribution in [2.24, 2.45) is 0 Å². The zero-order valence-electron chi connectivity index (χ0n) is 14.8. The smallest absolute Gasteiger partial charge is 0.328 e. The molecule has 0 spiro atoms. The summed E-state index contributed by atoms with van der Waals surface area (Å²) in [5, 5.41) is 9.57. The SMILES string of the molecule is Cc1cc(OCC(=O)N2CC(n3cc(C#N)c(=O)[nH]c3=O)C2)cc(C)c1Cl. The lowest BCUT2D eigenvalue weighted by atomic mass is 10.1. The van der Waals surface area contributed by atoms with Gasteiger partial charge >= 0.3 is 5.69 Å². The van der Waals surface area contributed by atoms with E-state index in [2.05, 4.69) is 4.98 Å². The maximum absolute atomic E-state index is 12.3. The number of carbonyl (C=O) groups excluding carboxylic acids is 1. The number of hydrogen-bond donors (Lipinski definition) is 1. The van der Waals surface area contributed by atoms with Crippen LogP contribution in [0.25, 0.3) is 0 Å². The highest BCUT2D eigenvalue weighted by Gasteiger charge is 2.33. The van der Waals surface area contributed by atoms with Gasteiger partial charge in [-0.25, -0.2) is 4.79 Å². The summed E-state index contributed by atoms with van der Waals surface area (Å²) < 4.78 is 6.82. The van der Waals surface area contributed by atoms with Crippen LogP contribution >= 0.6 is 11.6 Å². The lowest BCUT2D eigenvalue weighted by molar-refractivity contribution is -0.139. The number of ether oxygens (including phenoxy) is 1. The lowest BCUT2D eigenvalue weighted by Gasteiger charge is -2.39. The van der Waals surface area contributed by atoms with Crippen molar-refractivity contribution in [2.45, 2.75) is 19.9 Å². The van der Waals surface area contributed by atoms with E-state index in [4.69, 9.17) is 21.6 Å². The number of H-pyrrole nitrogens is 1. The number of aromatic nitrogens is 2. The Labute approximate surface area is 159 Å². The highest BCUT2D eigenvalue weighted by atomic mass is 35.5. The maximum atomic E-state index is 12.3. The first kappa shape index (κ1) is 18.7. The highest BCUT2D eigenvalue weighted by molar-refractivity contribution is 6.32. The number of nitrogens with one attached hydrogen (secondary N) is 1. The van der Waals surface area contributed by atoms with Gasteiger partial charge in [0.2, 0.25) is 0 Å². The van der Waals surface area contributed by atoms with Crippen LogP contribution in [0.3, 0.4) is 0 Å². The molecule has 1 saturated heterocycles. The zero-order chi connectivity index (χ0) is 19.7. The third-order valence-electron chi connectivity index (χ3n) is 4.47. The molecule has 27 heavy (non-hydrogen) atoms. The summed E-state index contributed by atoms with van der Waals surface area (Å²) in [6, 6.07) is 4.99. The molecule has 1 N–H and O–H groups in total. The molecular formula is C18H17ClN4O4. The quantitative estimate of drug-likeness (QED) is 0.844. The summed E-state index contributed by atoms with van der Waals surface area (Å²) in [5.41, 5.74) is 0.284. The highest BCUT2D eigenvalue weighted by Crippen LogP contribution is 2.26. The molecule has 1 aliphatic heterocycles. The largest absolute Gasteiger partial charge is 0.484 e. The van der Waals surface area contributed by atoms with E-state index in [1.54, 1.807) is 23.1 Å². The van der Waals surface area contributed by atoms with E-state index in [0.717, 1.165) is 11.1 Å². The van der Waals surface area contributed by atoms with E-state index < -0.39 is 11.2 Å². The number of rotatable bonds is 4. The van der Waals surface area contributed by atoms with Gasteiger partial charge in [-0.3, -0.25) is 19.1 Å². The first-order chi connectivity index (χ1) is 12.8. The van der Waals surface area contributed by atoms with Gasteiger partial charge in [0.05, 0.1) is 6.04 Å². The molecule has 140 valence electrons. The number of aryl methyl sites for hydroxylation is 2. The van der Waals surface area contributed by atoms with Gasteiger partial charge in [0, 0.05) is 24.3 Å². The summed E-state index contributed by atoms with van der Waals surface area (Å²) in [6.07, 6.45) is 1.23. The van der Waals surface area contributed by atoms with Crippen molar-refractivity contribution in [1.82, 2.24) is 14.5 Å². The van der Waals surface area contributed by atoms with Crippen LogP contribution in [-0.2, 0) is 4.79 Å². The second-order valence-corrected chi connectivity index (χ2v) is 6.81. The molecule has 8 nitrogen and oxygen atoms in total. The maximum Gasteiger partial charge on any atom is 0.328 e. The molecule has 0 unspecified atom stereocenters. The van der Waals surface area contributed by atoms with E-state index in [-0.39, 0.29) is 24.1 Å². The summed E-state index contributed by atoms with van der Waals surface area (Å²) in [5.74, 6) is 0.352. The van der Waals surface area contributed by atoms with Gasteiger partial charge in [0.25, 0.3) is 11.5 Å². The first-order valence-electron chi connectivity index (χ1n) is 8.23. The fraction of sp³-hybridized carbons (Fsp3) is 0.333. The number of hydrogen-bond acceptors (Lipinski definition) is 5. The summed E-state index contributed by atoms with van der Waals surface area (Å²) in [4.78, 5) is 39.2. The Hall–Kier alpha value is -3.05. The predicted molar refractivity (Wildman–Crippen MR) is 98.1 cm³/mol. The van der Waals surface area contributed by atoms with Crippen molar-refractivity contribution < 1.29 is 9.53 Å². The monoisotopic (exact) mass is 388 g/mol. The third kappa shape index (κ3) is 3.73. The van der Waals surface area contributed by atoms with Crippen molar-refractivity contribution in [3.05, 3.63) is 60.9 Å². The fourth-order valence-electron chi connectivity index (χ4n) is 2.90. The Morgan fingerprint density at radius 3 is 2.56 bits per heavy atom. The Bertz CT molecular complexity index is 1040. The van der Waals surface area contributed by atoms with Crippen LogP contribution < -0.4 is 16.0 Å². The van der Waals surface area contributed by atoms with E-state index in [1.165, 1.54) is 10.8 Å². The number of amides is 1. The molecule has 0 radical (unpaired) electrons. The average molecular weight is 389 g/mol. The third-order valence-corrected chi connectivity index (χ3v) is 5.07. The van der Waals surface area contributed by atoms with Gasteiger partial charge in [-0.15, -0.1) is 0 Å². The predicted octanol–water partition coefficient (Wildman–Crippen LogP) is 1.14. The first-order valence-corrected chi connectivity index (χ1v) is 8.61. The Morgan fingerprint density at radius 2 is 1.96 bits per heavy atom. The molecule has 0 bridgehead atoms. The molecule has 2 aromatic rings. The standard InChI is InChI=1S/C18H17ClN4O4/c1-10-3-14(4-11(2)16(10)19)27-9-15(24)22-7-13(8-22)23-6-12(5-20)17(25)21-18(23)26/h3-4,6,13H,7-9H2,1-2H3,(H,21,25,26). The minimum atomic E-state index is -0.715. The minimum absolute atomic E-state index is 0.128. The number of nitriles is 1. The summed E-state index contributed by atoms with van der Waals surface area (Å²) in [6.45, 7) is 4.20. The van der Waals surface area contributed by atoms with Gasteiger partial charge in [0.1, 0.15) is 17.4 Å². The van der Waals surface area contributed by atoms with Gasteiger partial charge in [0.15, 0.2) is 6.61 Å². The van der Waals surface area contributed by atoms with E-state index in [9.17, 15) is 14.4 Å². The van der Waals surface area contributed by atoms with Gasteiger partial charge in [-0.1, -0.05) is 11.6 Å². The molecule has 0 aliphatic carbocycles. The fourth-order valence-corrected chi connectivity index (χ4v) is 3.01. The molecule has 1 fully saturated rings. The van der Waals surface area contributed by atoms with Crippen LogP contribution in [0.4, 0.5) is 0 Å². The Morgan fingerprint density at radius 1 is 1.33 bits per heavy atom. The molecule has 9 heteroatoms. The van der Waals surface area contributed by atoms with Crippen molar-refractivity contribution >= 4 is 17.5 Å². The molecule has 1 aromatic heterocycles. The van der Waals surface area contributed by atoms with Crippen molar-refractivity contribution in [3.63, 3.8) is 0 Å². The van der Waals surface area contributed by atoms with E-state index in [1.807, 2.05) is 13.8 Å². The molecule has 0 atom stereocenters. The molecular weight excluding hydrogens is 372 g/mol. The van der Waals surface area contributed by atoms with Crippen LogP contribution in [0.15, 0.2) is 27.9 Å². The van der Waals surface area contributed by atoms with Gasteiger partial charge < -0.3 is 9.64 Å². The average Bonchev–Trinajstić information content (AvgIpc) is 2.58. The van der Waals surface area contributed by atoms with Crippen LogP contribution in [-0.4, -0.2) is 40.1 Å². The van der Waals surface area contributed by atoms with Crippen molar-refractivity contribution in [1.29, 1.82) is 5.26 Å². The van der Waals surface area contributed by atoms with Crippen molar-refractivity contribution in [3.8, 4) is 11.8 Å².